The van der Waals surface area contributed by atoms with E-state index in [1.54, 1.807) is 0 Å². The molecule has 0 spiro atoms. The molecule has 0 amide bonds. The molecule has 0 radical (unpaired) electrons. The Balaban J connectivity index is 1.97. The highest BCUT2D eigenvalue weighted by molar-refractivity contribution is 5.10. The van der Waals surface area contributed by atoms with Crippen molar-refractivity contribution >= 4 is 0 Å². The SMILES string of the molecule is OCCC12CC3CC(CC(C3)C1(F)F)C2. The minimum absolute atomic E-state index is 0.0816. The number of halogens is 2. The molecule has 0 aliphatic heterocycles. The van der Waals surface area contributed by atoms with Gasteiger partial charge < -0.3 is 5.11 Å². The maximum Gasteiger partial charge on any atom is 0.256 e. The van der Waals surface area contributed by atoms with Crippen LogP contribution in [-0.4, -0.2) is 17.6 Å². The Labute approximate surface area is 88.9 Å². The number of alkyl halides is 2. The van der Waals surface area contributed by atoms with Crippen LogP contribution in [0.1, 0.15) is 38.5 Å². The molecule has 4 aliphatic carbocycles. The highest BCUT2D eigenvalue weighted by Gasteiger charge is 2.66. The number of rotatable bonds is 2. The lowest BCUT2D eigenvalue weighted by Crippen LogP contribution is -2.60. The third-order valence-corrected chi connectivity index (χ3v) is 5.07. The minimum atomic E-state index is -2.51. The fourth-order valence-corrected chi connectivity index (χ4v) is 4.67. The summed E-state index contributed by atoms with van der Waals surface area (Å²) in [5, 5.41) is 9.03. The van der Waals surface area contributed by atoms with Gasteiger partial charge in [0, 0.05) is 17.9 Å². The van der Waals surface area contributed by atoms with E-state index in [1.165, 1.54) is 6.42 Å². The molecule has 0 saturated heterocycles. The zero-order chi connectivity index (χ0) is 10.7. The number of aliphatic hydroxyl groups is 1. The fourth-order valence-electron chi connectivity index (χ4n) is 4.67. The van der Waals surface area contributed by atoms with Crippen molar-refractivity contribution in [2.75, 3.05) is 6.61 Å². The first-order chi connectivity index (χ1) is 7.07. The first-order valence-corrected chi connectivity index (χ1v) is 6.06. The molecule has 0 aromatic rings. The van der Waals surface area contributed by atoms with Crippen LogP contribution in [-0.2, 0) is 0 Å². The molecule has 3 heteroatoms. The standard InChI is InChI=1S/C12H18F2O/c13-12(14)10-4-8-3-9(5-10)7-11(12,6-8)1-2-15/h8-10,15H,1-7H2. The van der Waals surface area contributed by atoms with E-state index < -0.39 is 11.3 Å². The smallest absolute Gasteiger partial charge is 0.256 e. The Morgan fingerprint density at radius 2 is 1.67 bits per heavy atom. The van der Waals surface area contributed by atoms with Gasteiger partial charge >= 0.3 is 0 Å². The average Bonchev–Trinajstić information content (AvgIpc) is 2.14. The Hall–Kier alpha value is -0.180. The van der Waals surface area contributed by atoms with Crippen molar-refractivity contribution in [2.24, 2.45) is 23.2 Å². The summed E-state index contributed by atoms with van der Waals surface area (Å²) in [6.07, 6.45) is 4.26. The predicted octanol–water partition coefficient (Wildman–Crippen LogP) is 2.83. The molecule has 0 aromatic heterocycles. The van der Waals surface area contributed by atoms with Crippen LogP contribution >= 0.6 is 0 Å². The van der Waals surface area contributed by atoms with Crippen molar-refractivity contribution in [3.8, 4) is 0 Å². The van der Waals surface area contributed by atoms with Gasteiger partial charge in [-0.15, -0.1) is 0 Å². The topological polar surface area (TPSA) is 20.2 Å². The minimum Gasteiger partial charge on any atom is -0.396 e. The van der Waals surface area contributed by atoms with E-state index in [1.807, 2.05) is 0 Å². The molecule has 0 aromatic carbocycles. The van der Waals surface area contributed by atoms with Gasteiger partial charge in [0.05, 0.1) is 0 Å². The molecule has 0 heterocycles. The molecule has 15 heavy (non-hydrogen) atoms. The summed E-state index contributed by atoms with van der Waals surface area (Å²) in [4.78, 5) is 0. The van der Waals surface area contributed by atoms with Crippen molar-refractivity contribution in [2.45, 2.75) is 44.4 Å². The number of aliphatic hydroxyl groups excluding tert-OH is 1. The van der Waals surface area contributed by atoms with Crippen LogP contribution in [0.3, 0.4) is 0 Å². The maximum absolute atomic E-state index is 14.2. The number of hydrogen-bond acceptors (Lipinski definition) is 1. The van der Waals surface area contributed by atoms with Crippen LogP contribution in [0, 0.1) is 23.2 Å². The van der Waals surface area contributed by atoms with Crippen LogP contribution in [0.25, 0.3) is 0 Å². The molecule has 4 saturated carbocycles. The molecular weight excluding hydrogens is 198 g/mol. The van der Waals surface area contributed by atoms with E-state index >= 15 is 0 Å². The number of hydrogen-bond donors (Lipinski definition) is 1. The highest BCUT2D eigenvalue weighted by Crippen LogP contribution is 2.67. The lowest BCUT2D eigenvalue weighted by molar-refractivity contribution is -0.260. The lowest BCUT2D eigenvalue weighted by atomic mass is 9.47. The largest absolute Gasteiger partial charge is 0.396 e. The van der Waals surface area contributed by atoms with Crippen molar-refractivity contribution in [3.63, 3.8) is 0 Å². The van der Waals surface area contributed by atoms with Crippen molar-refractivity contribution in [1.82, 2.24) is 0 Å². The van der Waals surface area contributed by atoms with E-state index in [9.17, 15) is 8.78 Å². The molecule has 86 valence electrons. The van der Waals surface area contributed by atoms with Crippen LogP contribution in [0.2, 0.25) is 0 Å². The summed E-state index contributed by atoms with van der Waals surface area (Å²) < 4.78 is 28.5. The quantitative estimate of drug-likeness (QED) is 0.752. The van der Waals surface area contributed by atoms with Gasteiger partial charge in [-0.05, 0) is 50.4 Å². The van der Waals surface area contributed by atoms with Gasteiger partial charge in [0.1, 0.15) is 0 Å². The molecule has 2 atom stereocenters. The summed E-state index contributed by atoms with van der Waals surface area (Å²) in [6.45, 7) is -0.0816. The van der Waals surface area contributed by atoms with E-state index in [0.717, 1.165) is 12.8 Å². The van der Waals surface area contributed by atoms with E-state index in [4.69, 9.17) is 5.11 Å². The van der Waals surface area contributed by atoms with E-state index in [0.29, 0.717) is 31.1 Å². The Kier molecular flexibility index (Phi) is 1.96. The fraction of sp³-hybridized carbons (Fsp3) is 1.00. The molecule has 4 fully saturated rings. The third-order valence-electron chi connectivity index (χ3n) is 5.07. The van der Waals surface area contributed by atoms with Gasteiger partial charge in [0.2, 0.25) is 0 Å². The third kappa shape index (κ3) is 1.16. The first kappa shape index (κ1) is 10.0. The summed E-state index contributed by atoms with van der Waals surface area (Å²) in [5.74, 6) is -1.85. The van der Waals surface area contributed by atoms with Gasteiger partial charge in [-0.25, -0.2) is 8.78 Å². The Morgan fingerprint density at radius 1 is 1.07 bits per heavy atom. The Bertz CT molecular complexity index is 263. The van der Waals surface area contributed by atoms with E-state index in [-0.39, 0.29) is 12.5 Å². The molecule has 1 N–H and O–H groups in total. The second-order valence-corrected chi connectivity index (χ2v) is 5.92. The summed E-state index contributed by atoms with van der Waals surface area (Å²) in [7, 11) is 0. The van der Waals surface area contributed by atoms with E-state index in [2.05, 4.69) is 0 Å². The molecule has 4 bridgehead atoms. The summed E-state index contributed by atoms with van der Waals surface area (Å²) in [6, 6.07) is 0. The van der Waals surface area contributed by atoms with Gasteiger partial charge in [-0.1, -0.05) is 0 Å². The van der Waals surface area contributed by atoms with Gasteiger partial charge in [-0.2, -0.15) is 0 Å². The van der Waals surface area contributed by atoms with Crippen LogP contribution in [0.4, 0.5) is 8.78 Å². The Morgan fingerprint density at radius 3 is 2.20 bits per heavy atom. The van der Waals surface area contributed by atoms with Crippen molar-refractivity contribution in [3.05, 3.63) is 0 Å². The molecule has 1 nitrogen and oxygen atoms in total. The second-order valence-electron chi connectivity index (χ2n) is 5.92. The summed E-state index contributed by atoms with van der Waals surface area (Å²) >= 11 is 0. The zero-order valence-electron chi connectivity index (χ0n) is 8.88. The van der Waals surface area contributed by atoms with Gasteiger partial charge in [0.25, 0.3) is 5.92 Å². The molecular formula is C12H18F2O. The van der Waals surface area contributed by atoms with Crippen LogP contribution < -0.4 is 0 Å². The van der Waals surface area contributed by atoms with Crippen LogP contribution in [0.15, 0.2) is 0 Å². The van der Waals surface area contributed by atoms with Crippen LogP contribution in [0.5, 0.6) is 0 Å². The molecule has 4 aliphatic rings. The lowest BCUT2D eigenvalue weighted by Gasteiger charge is -2.60. The second kappa shape index (κ2) is 2.93. The average molecular weight is 216 g/mol. The van der Waals surface area contributed by atoms with Crippen molar-refractivity contribution in [1.29, 1.82) is 0 Å². The molecule has 2 unspecified atom stereocenters. The van der Waals surface area contributed by atoms with Gasteiger partial charge in [0.15, 0.2) is 0 Å². The predicted molar refractivity (Wildman–Crippen MR) is 52.6 cm³/mol. The normalized spacial score (nSPS) is 51.0. The maximum atomic E-state index is 14.2. The van der Waals surface area contributed by atoms with Gasteiger partial charge in [-0.3, -0.25) is 0 Å². The van der Waals surface area contributed by atoms with Crippen molar-refractivity contribution < 1.29 is 13.9 Å². The highest BCUT2D eigenvalue weighted by atomic mass is 19.3. The first-order valence-electron chi connectivity index (χ1n) is 6.06. The summed E-state index contributed by atoms with van der Waals surface area (Å²) in [5.41, 5.74) is -0.837. The monoisotopic (exact) mass is 216 g/mol. The zero-order valence-corrected chi connectivity index (χ0v) is 8.88. The molecule has 4 rings (SSSR count).